The fraction of sp³-hybridized carbons (Fsp3) is 0.750. The SMILES string of the molecule is CC(=O)NCCN(C(=O)C1CCCO1)C(C)C(=O)O. The highest BCUT2D eigenvalue weighted by Crippen LogP contribution is 2.16. The van der Waals surface area contributed by atoms with Gasteiger partial charge in [-0.2, -0.15) is 0 Å². The molecule has 0 aromatic carbocycles. The predicted octanol–water partition coefficient (Wildman–Crippen LogP) is -0.397. The Labute approximate surface area is 111 Å². The summed E-state index contributed by atoms with van der Waals surface area (Å²) in [5.74, 6) is -1.61. The highest BCUT2D eigenvalue weighted by Gasteiger charge is 2.33. The van der Waals surface area contributed by atoms with Crippen LogP contribution >= 0.6 is 0 Å². The van der Waals surface area contributed by atoms with Crippen LogP contribution in [0.15, 0.2) is 0 Å². The van der Waals surface area contributed by atoms with Crippen LogP contribution in [-0.2, 0) is 19.1 Å². The number of carboxylic acids is 1. The summed E-state index contributed by atoms with van der Waals surface area (Å²) in [6.07, 6.45) is 0.860. The molecule has 0 spiro atoms. The molecule has 0 radical (unpaired) electrons. The highest BCUT2D eigenvalue weighted by atomic mass is 16.5. The Morgan fingerprint density at radius 1 is 1.47 bits per heavy atom. The minimum Gasteiger partial charge on any atom is -0.480 e. The first-order chi connectivity index (χ1) is 8.93. The van der Waals surface area contributed by atoms with E-state index >= 15 is 0 Å². The number of carbonyl (C=O) groups is 3. The second-order valence-corrected chi connectivity index (χ2v) is 4.53. The molecular weight excluding hydrogens is 252 g/mol. The summed E-state index contributed by atoms with van der Waals surface area (Å²) in [5, 5.41) is 11.6. The van der Waals surface area contributed by atoms with Gasteiger partial charge in [0.1, 0.15) is 12.1 Å². The van der Waals surface area contributed by atoms with Gasteiger partial charge in [0, 0.05) is 26.6 Å². The molecule has 108 valence electrons. The number of rotatable bonds is 6. The maximum absolute atomic E-state index is 12.2. The van der Waals surface area contributed by atoms with Gasteiger partial charge in [0.05, 0.1) is 0 Å². The van der Waals surface area contributed by atoms with E-state index < -0.39 is 18.1 Å². The molecule has 0 saturated carbocycles. The van der Waals surface area contributed by atoms with Crippen LogP contribution in [0.4, 0.5) is 0 Å². The Kier molecular flexibility index (Phi) is 5.75. The third kappa shape index (κ3) is 4.51. The number of hydrogen-bond donors (Lipinski definition) is 2. The molecule has 2 N–H and O–H groups in total. The van der Waals surface area contributed by atoms with Gasteiger partial charge in [0.2, 0.25) is 5.91 Å². The molecule has 2 atom stereocenters. The van der Waals surface area contributed by atoms with Crippen LogP contribution in [0.3, 0.4) is 0 Å². The van der Waals surface area contributed by atoms with Crippen molar-refractivity contribution in [1.29, 1.82) is 0 Å². The Hall–Kier alpha value is -1.63. The van der Waals surface area contributed by atoms with Crippen molar-refractivity contribution in [2.24, 2.45) is 0 Å². The summed E-state index contributed by atoms with van der Waals surface area (Å²) in [7, 11) is 0. The van der Waals surface area contributed by atoms with Gasteiger partial charge in [0.15, 0.2) is 0 Å². The van der Waals surface area contributed by atoms with E-state index in [0.717, 1.165) is 6.42 Å². The molecular formula is C12H20N2O5. The van der Waals surface area contributed by atoms with Crippen molar-refractivity contribution in [3.63, 3.8) is 0 Å². The maximum atomic E-state index is 12.2. The van der Waals surface area contributed by atoms with Crippen LogP contribution < -0.4 is 5.32 Å². The molecule has 1 aliphatic rings. The van der Waals surface area contributed by atoms with Crippen molar-refractivity contribution in [3.8, 4) is 0 Å². The summed E-state index contributed by atoms with van der Waals surface area (Å²) < 4.78 is 5.28. The molecule has 1 rings (SSSR count). The van der Waals surface area contributed by atoms with Gasteiger partial charge >= 0.3 is 5.97 Å². The zero-order valence-corrected chi connectivity index (χ0v) is 11.2. The van der Waals surface area contributed by atoms with E-state index in [-0.39, 0.29) is 24.9 Å². The van der Waals surface area contributed by atoms with Crippen LogP contribution in [0.1, 0.15) is 26.7 Å². The van der Waals surface area contributed by atoms with Crippen molar-refractivity contribution in [3.05, 3.63) is 0 Å². The van der Waals surface area contributed by atoms with Crippen molar-refractivity contribution in [1.82, 2.24) is 10.2 Å². The van der Waals surface area contributed by atoms with Crippen molar-refractivity contribution < 1.29 is 24.2 Å². The molecule has 1 fully saturated rings. The number of amides is 2. The van der Waals surface area contributed by atoms with Crippen LogP contribution in [0.2, 0.25) is 0 Å². The number of hydrogen-bond acceptors (Lipinski definition) is 4. The second-order valence-electron chi connectivity index (χ2n) is 4.53. The molecule has 7 heteroatoms. The third-order valence-electron chi connectivity index (χ3n) is 3.04. The Balaban J connectivity index is 2.64. The summed E-state index contributed by atoms with van der Waals surface area (Å²) in [6, 6.07) is -0.939. The highest BCUT2D eigenvalue weighted by molar-refractivity contribution is 5.86. The molecule has 0 aromatic heterocycles. The van der Waals surface area contributed by atoms with Gasteiger partial charge in [-0.3, -0.25) is 9.59 Å². The van der Waals surface area contributed by atoms with Gasteiger partial charge in [-0.25, -0.2) is 4.79 Å². The molecule has 1 heterocycles. The van der Waals surface area contributed by atoms with Crippen molar-refractivity contribution >= 4 is 17.8 Å². The second kappa shape index (κ2) is 7.08. The van der Waals surface area contributed by atoms with Gasteiger partial charge in [-0.1, -0.05) is 0 Å². The average Bonchev–Trinajstić information content (AvgIpc) is 2.86. The van der Waals surface area contributed by atoms with E-state index in [0.29, 0.717) is 13.0 Å². The standard InChI is InChI=1S/C12H20N2O5/c1-8(12(17)18)14(6-5-13-9(2)15)11(16)10-4-3-7-19-10/h8,10H,3-7H2,1-2H3,(H,13,15)(H,17,18). The van der Waals surface area contributed by atoms with Gasteiger partial charge in [-0.05, 0) is 19.8 Å². The zero-order chi connectivity index (χ0) is 14.4. The lowest BCUT2D eigenvalue weighted by Crippen LogP contribution is -2.50. The number of carbonyl (C=O) groups excluding carboxylic acids is 2. The first-order valence-electron chi connectivity index (χ1n) is 6.32. The van der Waals surface area contributed by atoms with E-state index in [1.54, 1.807) is 0 Å². The Morgan fingerprint density at radius 3 is 2.63 bits per heavy atom. The largest absolute Gasteiger partial charge is 0.480 e. The lowest BCUT2D eigenvalue weighted by Gasteiger charge is -2.28. The van der Waals surface area contributed by atoms with Crippen molar-refractivity contribution in [2.75, 3.05) is 19.7 Å². The summed E-state index contributed by atoms with van der Waals surface area (Å²) in [5.41, 5.74) is 0. The van der Waals surface area contributed by atoms with E-state index in [1.807, 2.05) is 0 Å². The first-order valence-corrected chi connectivity index (χ1v) is 6.32. The van der Waals surface area contributed by atoms with Crippen LogP contribution in [-0.4, -0.2) is 59.6 Å². The molecule has 1 aliphatic heterocycles. The van der Waals surface area contributed by atoms with Crippen molar-refractivity contribution in [2.45, 2.75) is 38.8 Å². The monoisotopic (exact) mass is 272 g/mol. The van der Waals surface area contributed by atoms with Crippen LogP contribution in [0, 0.1) is 0 Å². The van der Waals surface area contributed by atoms with Gasteiger partial charge in [0.25, 0.3) is 5.91 Å². The van der Waals surface area contributed by atoms with Gasteiger partial charge < -0.3 is 20.1 Å². The number of carboxylic acid groups (broad SMARTS) is 1. The quantitative estimate of drug-likeness (QED) is 0.686. The number of ether oxygens (including phenoxy) is 1. The van der Waals surface area contributed by atoms with E-state index in [1.165, 1.54) is 18.7 Å². The number of aliphatic carboxylic acids is 1. The fourth-order valence-corrected chi connectivity index (χ4v) is 1.94. The lowest BCUT2D eigenvalue weighted by molar-refractivity contribution is -0.153. The van der Waals surface area contributed by atoms with Crippen LogP contribution in [0.5, 0.6) is 0 Å². The summed E-state index contributed by atoms with van der Waals surface area (Å²) >= 11 is 0. The summed E-state index contributed by atoms with van der Waals surface area (Å²) in [4.78, 5) is 35.3. The minimum absolute atomic E-state index is 0.158. The van der Waals surface area contributed by atoms with Gasteiger partial charge in [-0.15, -0.1) is 0 Å². The third-order valence-corrected chi connectivity index (χ3v) is 3.04. The first kappa shape index (κ1) is 15.4. The summed E-state index contributed by atoms with van der Waals surface area (Å²) in [6.45, 7) is 3.73. The average molecular weight is 272 g/mol. The topological polar surface area (TPSA) is 95.9 Å². The molecule has 7 nitrogen and oxygen atoms in total. The number of nitrogens with one attached hydrogen (secondary N) is 1. The molecule has 1 saturated heterocycles. The number of nitrogens with zero attached hydrogens (tertiary/aromatic N) is 1. The van der Waals surface area contributed by atoms with E-state index in [9.17, 15) is 14.4 Å². The zero-order valence-electron chi connectivity index (χ0n) is 11.2. The Bertz CT molecular complexity index is 352. The predicted molar refractivity (Wildman–Crippen MR) is 66.5 cm³/mol. The molecule has 0 aliphatic carbocycles. The maximum Gasteiger partial charge on any atom is 0.326 e. The molecule has 19 heavy (non-hydrogen) atoms. The van der Waals surface area contributed by atoms with Crippen LogP contribution in [0.25, 0.3) is 0 Å². The Morgan fingerprint density at radius 2 is 2.16 bits per heavy atom. The smallest absolute Gasteiger partial charge is 0.326 e. The molecule has 0 aromatic rings. The lowest BCUT2D eigenvalue weighted by atomic mass is 10.2. The molecule has 0 bridgehead atoms. The molecule has 2 amide bonds. The molecule has 2 unspecified atom stereocenters. The van der Waals surface area contributed by atoms with E-state index in [2.05, 4.69) is 5.32 Å². The van der Waals surface area contributed by atoms with E-state index in [4.69, 9.17) is 9.84 Å². The normalized spacial score (nSPS) is 19.8. The fourth-order valence-electron chi connectivity index (χ4n) is 1.94. The minimum atomic E-state index is -1.07.